The van der Waals surface area contributed by atoms with Crippen LogP contribution >= 0.6 is 22.9 Å². The van der Waals surface area contributed by atoms with Crippen molar-refractivity contribution in [1.29, 1.82) is 0 Å². The number of halogens is 1. The Morgan fingerprint density at radius 3 is 2.65 bits per heavy atom. The van der Waals surface area contributed by atoms with Gasteiger partial charge in [-0.1, -0.05) is 41.9 Å². The second-order valence-corrected chi connectivity index (χ2v) is 7.88. The van der Waals surface area contributed by atoms with Gasteiger partial charge in [-0.3, -0.25) is 14.4 Å². The average molecular weight is 392 g/mol. The van der Waals surface area contributed by atoms with Crippen LogP contribution in [0, 0.1) is 5.92 Å². The van der Waals surface area contributed by atoms with Gasteiger partial charge in [0, 0.05) is 13.0 Å². The molecule has 1 aliphatic rings. The number of nitrogens with zero attached hydrogens (tertiary/aromatic N) is 1. The van der Waals surface area contributed by atoms with E-state index in [2.05, 4.69) is 0 Å². The lowest BCUT2D eigenvalue weighted by atomic mass is 10.1. The first kappa shape index (κ1) is 18.6. The van der Waals surface area contributed by atoms with Crippen molar-refractivity contribution in [1.82, 2.24) is 4.90 Å². The van der Waals surface area contributed by atoms with E-state index in [-0.39, 0.29) is 30.8 Å². The van der Waals surface area contributed by atoms with E-state index < -0.39 is 11.9 Å². The molecule has 2 atom stereocenters. The van der Waals surface area contributed by atoms with Crippen molar-refractivity contribution in [2.75, 3.05) is 13.2 Å². The van der Waals surface area contributed by atoms with Crippen molar-refractivity contribution in [3.8, 4) is 0 Å². The second-order valence-electron chi connectivity index (χ2n) is 6.17. The minimum atomic E-state index is -0.548. The second kappa shape index (κ2) is 8.01. The number of Topliss-reactive ketones (excluding diaryl/α,β-unsaturated/α-hetero) is 1. The third-order valence-electron chi connectivity index (χ3n) is 4.43. The number of thiophene rings is 1. The number of esters is 1. The largest absolute Gasteiger partial charge is 0.457 e. The van der Waals surface area contributed by atoms with Crippen LogP contribution in [0.15, 0.2) is 42.5 Å². The summed E-state index contributed by atoms with van der Waals surface area (Å²) in [5, 5.41) is 0. The van der Waals surface area contributed by atoms with E-state index in [9.17, 15) is 14.4 Å². The fraction of sp³-hybridized carbons (Fsp3) is 0.316. The normalized spacial score (nSPS) is 18.0. The first-order valence-corrected chi connectivity index (χ1v) is 9.44. The zero-order valence-corrected chi connectivity index (χ0v) is 15.8. The highest BCUT2D eigenvalue weighted by Gasteiger charge is 2.38. The molecule has 26 heavy (non-hydrogen) atoms. The zero-order valence-electron chi connectivity index (χ0n) is 14.2. The van der Waals surface area contributed by atoms with Crippen molar-refractivity contribution in [3.05, 3.63) is 57.2 Å². The maximum Gasteiger partial charge on any atom is 0.311 e. The third-order valence-corrected chi connectivity index (χ3v) is 5.71. The van der Waals surface area contributed by atoms with Crippen molar-refractivity contribution in [2.45, 2.75) is 19.4 Å². The Morgan fingerprint density at radius 2 is 2.00 bits per heavy atom. The SMILES string of the molecule is C[C@H](c1ccccc1)N1C[C@H](C(=O)OCC(=O)c2ccc(Cl)s2)CC1=O. The zero-order chi connectivity index (χ0) is 18.7. The number of ether oxygens (including phenoxy) is 1. The Morgan fingerprint density at radius 1 is 1.27 bits per heavy atom. The molecule has 7 heteroatoms. The van der Waals surface area contributed by atoms with E-state index in [4.69, 9.17) is 16.3 Å². The number of carbonyl (C=O) groups is 3. The van der Waals surface area contributed by atoms with Crippen molar-refractivity contribution < 1.29 is 19.1 Å². The first-order valence-electron chi connectivity index (χ1n) is 8.25. The Bertz CT molecular complexity index is 820. The Balaban J connectivity index is 1.56. The quantitative estimate of drug-likeness (QED) is 0.556. The predicted molar refractivity (Wildman–Crippen MR) is 99.3 cm³/mol. The molecule has 5 nitrogen and oxygen atoms in total. The van der Waals surface area contributed by atoms with Gasteiger partial charge in [0.25, 0.3) is 0 Å². The molecule has 0 unspecified atom stereocenters. The molecule has 2 aromatic rings. The number of benzene rings is 1. The molecule has 3 rings (SSSR count). The lowest BCUT2D eigenvalue weighted by Gasteiger charge is -2.25. The highest BCUT2D eigenvalue weighted by atomic mass is 35.5. The van der Waals surface area contributed by atoms with Gasteiger partial charge in [-0.25, -0.2) is 0 Å². The molecule has 1 aliphatic heterocycles. The van der Waals surface area contributed by atoms with Crippen molar-refractivity contribution in [2.24, 2.45) is 5.92 Å². The number of likely N-dealkylation sites (tertiary alicyclic amines) is 1. The Labute approximate surface area is 160 Å². The smallest absolute Gasteiger partial charge is 0.311 e. The van der Waals surface area contributed by atoms with Gasteiger partial charge in [0.1, 0.15) is 0 Å². The molecule has 1 amide bonds. The summed E-state index contributed by atoms with van der Waals surface area (Å²) in [7, 11) is 0. The van der Waals surface area contributed by atoms with E-state index >= 15 is 0 Å². The molecule has 1 saturated heterocycles. The van der Waals surface area contributed by atoms with E-state index in [0.29, 0.717) is 15.8 Å². The third kappa shape index (κ3) is 4.14. The molecule has 0 saturated carbocycles. The van der Waals surface area contributed by atoms with Gasteiger partial charge < -0.3 is 9.64 Å². The lowest BCUT2D eigenvalue weighted by molar-refractivity contribution is -0.147. The minimum absolute atomic E-state index is 0.0836. The number of amides is 1. The minimum Gasteiger partial charge on any atom is -0.457 e. The molecule has 0 radical (unpaired) electrons. The van der Waals surface area contributed by atoms with E-state index in [1.54, 1.807) is 17.0 Å². The number of carbonyl (C=O) groups excluding carboxylic acids is 3. The van der Waals surface area contributed by atoms with Crippen LogP contribution in [0.25, 0.3) is 0 Å². The van der Waals surface area contributed by atoms with Gasteiger partial charge in [-0.05, 0) is 24.6 Å². The lowest BCUT2D eigenvalue weighted by Crippen LogP contribution is -2.30. The molecule has 2 heterocycles. The van der Waals surface area contributed by atoms with Crippen molar-refractivity contribution >= 4 is 40.6 Å². The van der Waals surface area contributed by atoms with Gasteiger partial charge in [0.15, 0.2) is 6.61 Å². The maximum absolute atomic E-state index is 12.3. The molecule has 1 aromatic heterocycles. The monoisotopic (exact) mass is 391 g/mol. The van der Waals surface area contributed by atoms with Gasteiger partial charge in [0.05, 0.1) is 21.2 Å². The summed E-state index contributed by atoms with van der Waals surface area (Å²) in [4.78, 5) is 38.7. The molecule has 0 aliphatic carbocycles. The van der Waals surface area contributed by atoms with Gasteiger partial charge >= 0.3 is 5.97 Å². The molecule has 1 aromatic carbocycles. The summed E-state index contributed by atoms with van der Waals surface area (Å²) in [6.07, 6.45) is 0.106. The molecule has 0 bridgehead atoms. The molecular formula is C19H18ClNO4S. The maximum atomic E-state index is 12.3. The molecule has 136 valence electrons. The van der Waals surface area contributed by atoms with E-state index in [1.807, 2.05) is 37.3 Å². The Kier molecular flexibility index (Phi) is 5.74. The summed E-state index contributed by atoms with van der Waals surface area (Å²) < 4.78 is 5.64. The van der Waals surface area contributed by atoms with Gasteiger partial charge in [-0.15, -0.1) is 11.3 Å². The van der Waals surface area contributed by atoms with Crippen LogP contribution in [0.5, 0.6) is 0 Å². The molecule has 1 fully saturated rings. The summed E-state index contributed by atoms with van der Waals surface area (Å²) in [6.45, 7) is 1.90. The van der Waals surface area contributed by atoms with Crippen LogP contribution in [0.2, 0.25) is 4.34 Å². The fourth-order valence-electron chi connectivity index (χ4n) is 2.97. The van der Waals surface area contributed by atoms with Crippen LogP contribution in [0.1, 0.15) is 34.6 Å². The highest BCUT2D eigenvalue weighted by Crippen LogP contribution is 2.29. The highest BCUT2D eigenvalue weighted by molar-refractivity contribution is 7.18. The number of rotatable bonds is 6. The first-order chi connectivity index (χ1) is 12.5. The van der Waals surface area contributed by atoms with Crippen LogP contribution < -0.4 is 0 Å². The van der Waals surface area contributed by atoms with Crippen molar-refractivity contribution in [3.63, 3.8) is 0 Å². The van der Waals surface area contributed by atoms with Gasteiger partial charge in [-0.2, -0.15) is 0 Å². The number of hydrogen-bond acceptors (Lipinski definition) is 5. The van der Waals surface area contributed by atoms with Crippen LogP contribution in [0.3, 0.4) is 0 Å². The van der Waals surface area contributed by atoms with Gasteiger partial charge in [0.2, 0.25) is 11.7 Å². The standard InChI is InChI=1S/C19H18ClNO4S/c1-12(13-5-3-2-4-6-13)21-10-14(9-18(21)23)19(24)25-11-15(22)16-7-8-17(20)26-16/h2-8,12,14H,9-11H2,1H3/t12-,14-/m1/s1. The number of hydrogen-bond donors (Lipinski definition) is 0. The Hall–Kier alpha value is -2.18. The average Bonchev–Trinajstić information content (AvgIpc) is 3.25. The fourth-order valence-corrected chi connectivity index (χ4v) is 3.93. The summed E-state index contributed by atoms with van der Waals surface area (Å²) in [5.74, 6) is -1.45. The number of ketones is 1. The van der Waals surface area contributed by atoms with E-state index in [1.165, 1.54) is 0 Å². The topological polar surface area (TPSA) is 63.7 Å². The van der Waals surface area contributed by atoms with Crippen LogP contribution in [-0.2, 0) is 14.3 Å². The van der Waals surface area contributed by atoms with Crippen LogP contribution in [0.4, 0.5) is 0 Å². The predicted octanol–water partition coefficient (Wildman–Crippen LogP) is 3.74. The summed E-state index contributed by atoms with van der Waals surface area (Å²) >= 11 is 6.94. The van der Waals surface area contributed by atoms with E-state index in [0.717, 1.165) is 16.9 Å². The summed E-state index contributed by atoms with van der Waals surface area (Å²) in [6, 6.07) is 12.8. The molecule has 0 N–H and O–H groups in total. The summed E-state index contributed by atoms with van der Waals surface area (Å²) in [5.41, 5.74) is 1.01. The molecule has 0 spiro atoms. The van der Waals surface area contributed by atoms with Crippen LogP contribution in [-0.4, -0.2) is 35.7 Å². The molecular weight excluding hydrogens is 374 g/mol.